The maximum atomic E-state index is 7.73. The highest BCUT2D eigenvalue weighted by Gasteiger charge is 2.17. The van der Waals surface area contributed by atoms with E-state index in [2.05, 4.69) is 185 Å². The molecule has 55 heavy (non-hydrogen) atoms. The predicted octanol–water partition coefficient (Wildman–Crippen LogP) is 14.9. The number of rotatable bonds is 4. The Morgan fingerprint density at radius 1 is 0.327 bits per heavy atom. The van der Waals surface area contributed by atoms with Crippen molar-refractivity contribution in [3.05, 3.63) is 206 Å². The first kappa shape index (κ1) is 31.1. The van der Waals surface area contributed by atoms with Crippen molar-refractivity contribution in [2.45, 2.75) is 0 Å². The molecule has 0 atom stereocenters. The number of benzene rings is 10. The van der Waals surface area contributed by atoms with Gasteiger partial charge in [0.25, 0.3) is 0 Å². The van der Waals surface area contributed by atoms with Crippen LogP contribution in [0, 0.1) is 6.57 Å². The molecule has 0 spiro atoms. The van der Waals surface area contributed by atoms with Crippen LogP contribution < -0.4 is 0 Å². The van der Waals surface area contributed by atoms with Crippen molar-refractivity contribution >= 4 is 70.6 Å². The summed E-state index contributed by atoms with van der Waals surface area (Å²) in [6.45, 7) is 7.73. The van der Waals surface area contributed by atoms with E-state index in [4.69, 9.17) is 6.57 Å². The fourth-order valence-corrected chi connectivity index (χ4v) is 8.85. The molecule has 2 nitrogen and oxygen atoms in total. The summed E-state index contributed by atoms with van der Waals surface area (Å²) in [6, 6.07) is 70.1. The van der Waals surface area contributed by atoms with E-state index in [0.717, 1.165) is 38.6 Å². The molecular weight excluding hydrogens is 665 g/mol. The number of hydrogen-bond acceptors (Lipinski definition) is 0. The van der Waals surface area contributed by atoms with E-state index in [0.29, 0.717) is 5.69 Å². The molecule has 1 aromatic heterocycles. The average molecular weight is 697 g/mol. The fourth-order valence-electron chi connectivity index (χ4n) is 8.85. The van der Waals surface area contributed by atoms with Gasteiger partial charge in [-0.05, 0) is 136 Å². The molecule has 0 saturated heterocycles. The first-order valence-electron chi connectivity index (χ1n) is 18.7. The summed E-state index contributed by atoms with van der Waals surface area (Å²) in [5.41, 5.74) is 11.2. The van der Waals surface area contributed by atoms with Gasteiger partial charge in [0.2, 0.25) is 0 Å². The van der Waals surface area contributed by atoms with E-state index in [1.165, 1.54) is 65.3 Å². The van der Waals surface area contributed by atoms with Crippen molar-refractivity contribution in [1.82, 2.24) is 4.57 Å². The standard InChI is InChI=1S/C53H32N2/c1-54-38-26-28-53-51(31-38)50-30-36(25-27-52(50)55(53)39-17-3-2-4-18-39)35-15-11-16-37(29-35)46-32-48-45-23-10-9-22-44(45)47(33-49(48)43-21-8-7-20-42(43)46)41-24-12-14-34-13-5-6-19-40(34)41/h2-33H. The van der Waals surface area contributed by atoms with Crippen LogP contribution in [0.4, 0.5) is 5.69 Å². The quantitative estimate of drug-likeness (QED) is 0.128. The van der Waals surface area contributed by atoms with Crippen LogP contribution in [0.5, 0.6) is 0 Å². The molecule has 0 saturated carbocycles. The fraction of sp³-hybridized carbons (Fsp3) is 0. The van der Waals surface area contributed by atoms with E-state index in [1.807, 2.05) is 18.2 Å². The summed E-state index contributed by atoms with van der Waals surface area (Å²) in [6.07, 6.45) is 0. The zero-order chi connectivity index (χ0) is 36.5. The van der Waals surface area contributed by atoms with E-state index in [-0.39, 0.29) is 0 Å². The number of nitrogens with zero attached hydrogens (tertiary/aromatic N) is 2. The number of fused-ring (bicyclic) bond motifs is 9. The van der Waals surface area contributed by atoms with Crippen LogP contribution in [0.1, 0.15) is 0 Å². The summed E-state index contributed by atoms with van der Waals surface area (Å²) in [5.74, 6) is 0. The van der Waals surface area contributed by atoms with Gasteiger partial charge in [-0.2, -0.15) is 0 Å². The lowest BCUT2D eigenvalue weighted by molar-refractivity contribution is 1.18. The second kappa shape index (κ2) is 12.3. The van der Waals surface area contributed by atoms with Crippen molar-refractivity contribution < 1.29 is 0 Å². The lowest BCUT2D eigenvalue weighted by Gasteiger charge is -2.17. The first-order valence-corrected chi connectivity index (χ1v) is 18.7. The molecule has 0 unspecified atom stereocenters. The van der Waals surface area contributed by atoms with Crippen molar-refractivity contribution in [3.63, 3.8) is 0 Å². The Morgan fingerprint density at radius 2 is 0.891 bits per heavy atom. The smallest absolute Gasteiger partial charge is 0.188 e. The van der Waals surface area contributed by atoms with Crippen LogP contribution >= 0.6 is 0 Å². The van der Waals surface area contributed by atoms with Crippen LogP contribution in [0.25, 0.3) is 109 Å². The highest BCUT2D eigenvalue weighted by atomic mass is 15.0. The van der Waals surface area contributed by atoms with Crippen molar-refractivity contribution in [2.24, 2.45) is 0 Å². The third-order valence-electron chi connectivity index (χ3n) is 11.4. The summed E-state index contributed by atoms with van der Waals surface area (Å²) >= 11 is 0. The zero-order valence-corrected chi connectivity index (χ0v) is 29.9. The molecule has 11 rings (SSSR count). The lowest BCUT2D eigenvalue weighted by atomic mass is 9.86. The Morgan fingerprint density at radius 3 is 1.65 bits per heavy atom. The molecule has 11 aromatic rings. The minimum Gasteiger partial charge on any atom is -0.309 e. The Balaban J connectivity index is 1.12. The molecule has 0 fully saturated rings. The number of hydrogen-bond donors (Lipinski definition) is 0. The van der Waals surface area contributed by atoms with Gasteiger partial charge < -0.3 is 4.57 Å². The molecule has 0 bridgehead atoms. The monoisotopic (exact) mass is 696 g/mol. The second-order valence-electron chi connectivity index (χ2n) is 14.4. The Kier molecular flexibility index (Phi) is 6.96. The van der Waals surface area contributed by atoms with Gasteiger partial charge in [0, 0.05) is 11.1 Å². The Bertz CT molecular complexity index is 3370. The van der Waals surface area contributed by atoms with Crippen LogP contribution in [0.3, 0.4) is 0 Å². The summed E-state index contributed by atoms with van der Waals surface area (Å²) in [7, 11) is 0. The average Bonchev–Trinajstić information content (AvgIpc) is 3.59. The lowest BCUT2D eigenvalue weighted by Crippen LogP contribution is -1.92. The maximum Gasteiger partial charge on any atom is 0.188 e. The summed E-state index contributed by atoms with van der Waals surface area (Å²) < 4.78 is 2.30. The highest BCUT2D eigenvalue weighted by molar-refractivity contribution is 6.24. The normalized spacial score (nSPS) is 11.6. The number of para-hydroxylation sites is 1. The molecule has 10 aromatic carbocycles. The van der Waals surface area contributed by atoms with Crippen LogP contribution in [0.15, 0.2) is 194 Å². The van der Waals surface area contributed by atoms with Crippen LogP contribution in [-0.4, -0.2) is 4.57 Å². The zero-order valence-electron chi connectivity index (χ0n) is 29.9. The molecule has 254 valence electrons. The molecule has 0 radical (unpaired) electrons. The molecule has 0 aliphatic heterocycles. The van der Waals surface area contributed by atoms with E-state index >= 15 is 0 Å². The van der Waals surface area contributed by atoms with Crippen molar-refractivity contribution in [2.75, 3.05) is 0 Å². The van der Waals surface area contributed by atoms with Crippen LogP contribution in [-0.2, 0) is 0 Å². The van der Waals surface area contributed by atoms with Gasteiger partial charge in [0.15, 0.2) is 5.69 Å². The van der Waals surface area contributed by atoms with Gasteiger partial charge in [-0.3, -0.25) is 0 Å². The van der Waals surface area contributed by atoms with Gasteiger partial charge >= 0.3 is 0 Å². The van der Waals surface area contributed by atoms with Gasteiger partial charge in [0.1, 0.15) is 0 Å². The van der Waals surface area contributed by atoms with Crippen LogP contribution in [0.2, 0.25) is 0 Å². The first-order chi connectivity index (χ1) is 27.2. The predicted molar refractivity (Wildman–Crippen MR) is 233 cm³/mol. The molecule has 2 heteroatoms. The molecule has 0 amide bonds. The van der Waals surface area contributed by atoms with Crippen molar-refractivity contribution in [1.29, 1.82) is 0 Å². The van der Waals surface area contributed by atoms with E-state index < -0.39 is 0 Å². The van der Waals surface area contributed by atoms with Crippen molar-refractivity contribution in [3.8, 4) is 39.1 Å². The second-order valence-corrected chi connectivity index (χ2v) is 14.4. The topological polar surface area (TPSA) is 9.29 Å². The van der Waals surface area contributed by atoms with Gasteiger partial charge in [-0.15, -0.1) is 0 Å². The Labute approximate surface area is 318 Å². The largest absolute Gasteiger partial charge is 0.309 e. The minimum atomic E-state index is 0.645. The van der Waals surface area contributed by atoms with Gasteiger partial charge in [0.05, 0.1) is 17.6 Å². The minimum absolute atomic E-state index is 0.645. The summed E-state index contributed by atoms with van der Waals surface area (Å²) in [5, 5.41) is 12.2. The molecule has 0 aliphatic carbocycles. The highest BCUT2D eigenvalue weighted by Crippen LogP contribution is 2.44. The molecular formula is C53H32N2. The number of aromatic nitrogens is 1. The van der Waals surface area contributed by atoms with Gasteiger partial charge in [-0.1, -0.05) is 140 Å². The third kappa shape index (κ3) is 4.88. The Hall–Kier alpha value is -7.47. The third-order valence-corrected chi connectivity index (χ3v) is 11.4. The van der Waals surface area contributed by atoms with E-state index in [9.17, 15) is 0 Å². The van der Waals surface area contributed by atoms with Gasteiger partial charge in [-0.25, -0.2) is 4.85 Å². The molecule has 0 N–H and O–H groups in total. The SMILES string of the molecule is [C-]#[N+]c1ccc2c(c1)c1cc(-c3cccc(-c4cc5c6ccccc6c(-c6cccc7ccccc67)cc5c5ccccc45)c3)ccc1n2-c1ccccc1. The summed E-state index contributed by atoms with van der Waals surface area (Å²) in [4.78, 5) is 3.77. The molecule has 1 heterocycles. The van der Waals surface area contributed by atoms with E-state index in [1.54, 1.807) is 0 Å². The maximum absolute atomic E-state index is 7.73. The molecule has 0 aliphatic rings.